The first-order chi connectivity index (χ1) is 13.0. The van der Waals surface area contributed by atoms with Crippen LogP contribution in [0.2, 0.25) is 0 Å². The Morgan fingerprint density at radius 3 is 2.48 bits per heavy atom. The van der Waals surface area contributed by atoms with Crippen LogP contribution in [0.3, 0.4) is 0 Å². The van der Waals surface area contributed by atoms with E-state index in [1.807, 2.05) is 0 Å². The summed E-state index contributed by atoms with van der Waals surface area (Å²) in [6.07, 6.45) is -0.543. The lowest BCUT2D eigenvalue weighted by Crippen LogP contribution is -2.54. The monoisotopic (exact) mass is 365 g/mol. The second-order valence-electron chi connectivity index (χ2n) is 7.24. The molecule has 0 aromatic heterocycles. The number of nitrogens with zero attached hydrogens (tertiary/aromatic N) is 3. The standard InChI is InChI=1S/C22H27N3O2/c1-17-3-7-20(8-4-17)25-12-11-24(14-18(25)2)15-21(26)16-27-22-9-5-19(13-23)6-10-22/h3-10,18,21,26H,11-12,14-16H2,1-2H3. The highest BCUT2D eigenvalue weighted by molar-refractivity contribution is 5.49. The molecule has 2 aromatic rings. The first-order valence-corrected chi connectivity index (χ1v) is 9.42. The van der Waals surface area contributed by atoms with Gasteiger partial charge in [-0.05, 0) is 50.2 Å². The van der Waals surface area contributed by atoms with Crippen molar-refractivity contribution in [3.05, 3.63) is 59.7 Å². The Labute approximate surface area is 161 Å². The van der Waals surface area contributed by atoms with Crippen molar-refractivity contribution < 1.29 is 9.84 Å². The van der Waals surface area contributed by atoms with Crippen molar-refractivity contribution in [1.29, 1.82) is 5.26 Å². The number of aryl methyl sites for hydroxylation is 1. The summed E-state index contributed by atoms with van der Waals surface area (Å²) < 4.78 is 5.64. The molecule has 142 valence electrons. The maximum atomic E-state index is 10.3. The fourth-order valence-electron chi connectivity index (χ4n) is 3.49. The van der Waals surface area contributed by atoms with E-state index in [4.69, 9.17) is 10.00 Å². The van der Waals surface area contributed by atoms with Gasteiger partial charge in [0.2, 0.25) is 0 Å². The molecule has 1 N–H and O–H groups in total. The third-order valence-electron chi connectivity index (χ3n) is 4.97. The van der Waals surface area contributed by atoms with Gasteiger partial charge in [-0.1, -0.05) is 17.7 Å². The van der Waals surface area contributed by atoms with Crippen LogP contribution in [0.4, 0.5) is 5.69 Å². The number of benzene rings is 2. The fourth-order valence-corrected chi connectivity index (χ4v) is 3.49. The number of anilines is 1. The number of nitriles is 1. The molecule has 2 atom stereocenters. The van der Waals surface area contributed by atoms with Gasteiger partial charge in [-0.25, -0.2) is 0 Å². The second-order valence-corrected chi connectivity index (χ2v) is 7.24. The molecule has 1 heterocycles. The number of rotatable bonds is 6. The Bertz CT molecular complexity index is 768. The van der Waals surface area contributed by atoms with Gasteiger partial charge in [-0.15, -0.1) is 0 Å². The summed E-state index contributed by atoms with van der Waals surface area (Å²) in [5, 5.41) is 19.1. The molecule has 1 aliphatic heterocycles. The number of β-amino-alcohol motifs (C(OH)–C–C–N with tert-alkyl or cyclic N) is 1. The third kappa shape index (κ3) is 5.22. The zero-order valence-electron chi connectivity index (χ0n) is 16.0. The van der Waals surface area contributed by atoms with Crippen LogP contribution in [0.1, 0.15) is 18.1 Å². The maximum Gasteiger partial charge on any atom is 0.119 e. The molecule has 2 unspecified atom stereocenters. The van der Waals surface area contributed by atoms with E-state index in [2.05, 4.69) is 54.0 Å². The lowest BCUT2D eigenvalue weighted by Gasteiger charge is -2.41. The van der Waals surface area contributed by atoms with Gasteiger partial charge in [0.1, 0.15) is 18.5 Å². The molecule has 5 nitrogen and oxygen atoms in total. The first-order valence-electron chi connectivity index (χ1n) is 9.42. The zero-order valence-corrected chi connectivity index (χ0v) is 16.0. The van der Waals surface area contributed by atoms with Crippen LogP contribution < -0.4 is 9.64 Å². The van der Waals surface area contributed by atoms with Crippen LogP contribution in [0, 0.1) is 18.3 Å². The molecule has 0 spiro atoms. The average Bonchev–Trinajstić information content (AvgIpc) is 2.68. The molecule has 5 heteroatoms. The van der Waals surface area contributed by atoms with E-state index in [9.17, 15) is 5.11 Å². The van der Waals surface area contributed by atoms with Crippen molar-refractivity contribution in [2.75, 3.05) is 37.7 Å². The van der Waals surface area contributed by atoms with Crippen LogP contribution in [0.15, 0.2) is 48.5 Å². The van der Waals surface area contributed by atoms with Crippen LogP contribution in [-0.4, -0.2) is 54.9 Å². The van der Waals surface area contributed by atoms with Gasteiger partial charge in [0.05, 0.1) is 11.6 Å². The maximum absolute atomic E-state index is 10.3. The Morgan fingerprint density at radius 2 is 1.85 bits per heavy atom. The summed E-state index contributed by atoms with van der Waals surface area (Å²) in [4.78, 5) is 4.72. The summed E-state index contributed by atoms with van der Waals surface area (Å²) in [5.41, 5.74) is 3.14. The molecular weight excluding hydrogens is 338 g/mol. The minimum atomic E-state index is -0.543. The van der Waals surface area contributed by atoms with Crippen molar-refractivity contribution in [3.8, 4) is 11.8 Å². The number of aliphatic hydroxyl groups is 1. The van der Waals surface area contributed by atoms with Crippen LogP contribution >= 0.6 is 0 Å². The summed E-state index contributed by atoms with van der Waals surface area (Å²) in [5.74, 6) is 0.672. The minimum absolute atomic E-state index is 0.248. The molecule has 3 rings (SSSR count). The SMILES string of the molecule is Cc1ccc(N2CCN(CC(O)COc3ccc(C#N)cc3)CC2C)cc1. The second kappa shape index (κ2) is 8.90. The predicted octanol–water partition coefficient (Wildman–Crippen LogP) is 2.82. The van der Waals surface area contributed by atoms with Crippen LogP contribution in [-0.2, 0) is 0 Å². The Balaban J connectivity index is 1.46. The molecule has 0 bridgehead atoms. The van der Waals surface area contributed by atoms with Crippen LogP contribution in [0.25, 0.3) is 0 Å². The van der Waals surface area contributed by atoms with E-state index in [1.165, 1.54) is 11.3 Å². The molecule has 1 aliphatic rings. The normalized spacial score (nSPS) is 18.7. The van der Waals surface area contributed by atoms with Gasteiger partial charge >= 0.3 is 0 Å². The van der Waals surface area contributed by atoms with E-state index in [1.54, 1.807) is 24.3 Å². The number of aliphatic hydroxyl groups excluding tert-OH is 1. The molecular formula is C22H27N3O2. The van der Waals surface area contributed by atoms with Crippen LogP contribution in [0.5, 0.6) is 5.75 Å². The van der Waals surface area contributed by atoms with E-state index < -0.39 is 6.10 Å². The highest BCUT2D eigenvalue weighted by Gasteiger charge is 2.25. The molecule has 0 aliphatic carbocycles. The van der Waals surface area contributed by atoms with Crippen molar-refractivity contribution in [1.82, 2.24) is 4.90 Å². The van der Waals surface area contributed by atoms with E-state index in [-0.39, 0.29) is 6.61 Å². The van der Waals surface area contributed by atoms with Gasteiger partial charge in [-0.2, -0.15) is 5.26 Å². The quantitative estimate of drug-likeness (QED) is 0.853. The van der Waals surface area contributed by atoms with E-state index >= 15 is 0 Å². The topological polar surface area (TPSA) is 59.7 Å². The smallest absolute Gasteiger partial charge is 0.119 e. The van der Waals surface area contributed by atoms with Crippen molar-refractivity contribution in [3.63, 3.8) is 0 Å². The van der Waals surface area contributed by atoms with Crippen molar-refractivity contribution in [2.24, 2.45) is 0 Å². The predicted molar refractivity (Wildman–Crippen MR) is 107 cm³/mol. The largest absolute Gasteiger partial charge is 0.491 e. The number of hydrogen-bond acceptors (Lipinski definition) is 5. The third-order valence-corrected chi connectivity index (χ3v) is 4.97. The molecule has 27 heavy (non-hydrogen) atoms. The molecule has 1 fully saturated rings. The average molecular weight is 365 g/mol. The lowest BCUT2D eigenvalue weighted by molar-refractivity contribution is 0.0623. The molecule has 0 saturated carbocycles. The first kappa shape index (κ1) is 19.2. The molecule has 2 aromatic carbocycles. The summed E-state index contributed by atoms with van der Waals surface area (Å²) in [6, 6.07) is 18.1. The van der Waals surface area contributed by atoms with Crippen molar-refractivity contribution in [2.45, 2.75) is 26.0 Å². The van der Waals surface area contributed by atoms with Gasteiger partial charge in [0, 0.05) is 37.9 Å². The van der Waals surface area contributed by atoms with Gasteiger partial charge in [-0.3, -0.25) is 4.90 Å². The van der Waals surface area contributed by atoms with Gasteiger partial charge in [0.25, 0.3) is 0 Å². The molecule has 0 radical (unpaired) electrons. The van der Waals surface area contributed by atoms with E-state index in [0.717, 1.165) is 19.6 Å². The Kier molecular flexibility index (Phi) is 6.33. The van der Waals surface area contributed by atoms with Crippen molar-refractivity contribution >= 4 is 5.69 Å². The van der Waals surface area contributed by atoms with E-state index in [0.29, 0.717) is 23.9 Å². The molecule has 0 amide bonds. The summed E-state index contributed by atoms with van der Waals surface area (Å²) in [6.45, 7) is 7.97. The van der Waals surface area contributed by atoms with Gasteiger partial charge < -0.3 is 14.7 Å². The fraction of sp³-hybridized carbons (Fsp3) is 0.409. The number of ether oxygens (including phenoxy) is 1. The highest BCUT2D eigenvalue weighted by atomic mass is 16.5. The summed E-state index contributed by atoms with van der Waals surface area (Å²) in [7, 11) is 0. The zero-order chi connectivity index (χ0) is 19.2. The Hall–Kier alpha value is -2.55. The lowest BCUT2D eigenvalue weighted by atomic mass is 10.1. The minimum Gasteiger partial charge on any atom is -0.491 e. The molecule has 1 saturated heterocycles. The number of piperazine rings is 1. The van der Waals surface area contributed by atoms with Gasteiger partial charge in [0.15, 0.2) is 0 Å². The number of hydrogen-bond donors (Lipinski definition) is 1. The summed E-state index contributed by atoms with van der Waals surface area (Å²) >= 11 is 0. The Morgan fingerprint density at radius 1 is 1.15 bits per heavy atom. The highest BCUT2D eigenvalue weighted by Crippen LogP contribution is 2.21.